The molecule has 0 fully saturated rings. The Morgan fingerprint density at radius 2 is 1.85 bits per heavy atom. The van der Waals surface area contributed by atoms with Crippen molar-refractivity contribution in [2.45, 2.75) is 13.0 Å². The number of rotatable bonds is 6. The molecular weight excluding hydrogens is 372 g/mol. The summed E-state index contributed by atoms with van der Waals surface area (Å²) in [6.45, 7) is -0.423. The molecule has 0 saturated carbocycles. The third-order valence-electron chi connectivity index (χ3n) is 3.65. The summed E-state index contributed by atoms with van der Waals surface area (Å²) in [4.78, 5) is 35.9. The Kier molecular flexibility index (Phi) is 5.77. The summed E-state index contributed by atoms with van der Waals surface area (Å²) in [7, 11) is 0. The van der Waals surface area contributed by atoms with Crippen molar-refractivity contribution in [2.24, 2.45) is 0 Å². The summed E-state index contributed by atoms with van der Waals surface area (Å²) >= 11 is 5.76. The van der Waals surface area contributed by atoms with Crippen LogP contribution in [0.25, 0.3) is 10.9 Å². The van der Waals surface area contributed by atoms with Crippen LogP contribution >= 0.6 is 11.6 Å². The number of hydrogen-bond acceptors (Lipinski definition) is 6. The van der Waals surface area contributed by atoms with Crippen LogP contribution in [0, 0.1) is 0 Å². The third-order valence-corrected chi connectivity index (χ3v) is 3.90. The van der Waals surface area contributed by atoms with Crippen LogP contribution in [0.3, 0.4) is 0 Å². The SMILES string of the molecule is O=C(COC(=O)CCn1nnc2ccccc2c1=O)Nc1ccc(Cl)cc1. The first kappa shape index (κ1) is 18.5. The molecule has 0 bridgehead atoms. The zero-order valence-electron chi connectivity index (χ0n) is 14.1. The van der Waals surface area contributed by atoms with Crippen LogP contribution in [0.5, 0.6) is 0 Å². The zero-order chi connectivity index (χ0) is 19.2. The van der Waals surface area contributed by atoms with Crippen molar-refractivity contribution in [3.05, 3.63) is 63.9 Å². The highest BCUT2D eigenvalue weighted by Crippen LogP contribution is 2.13. The molecule has 138 valence electrons. The predicted molar refractivity (Wildman–Crippen MR) is 99.5 cm³/mol. The van der Waals surface area contributed by atoms with Crippen molar-refractivity contribution in [2.75, 3.05) is 11.9 Å². The first-order valence-corrected chi connectivity index (χ1v) is 8.44. The van der Waals surface area contributed by atoms with Gasteiger partial charge < -0.3 is 10.1 Å². The van der Waals surface area contributed by atoms with E-state index in [1.54, 1.807) is 48.5 Å². The molecule has 1 aromatic heterocycles. The number of esters is 1. The van der Waals surface area contributed by atoms with E-state index in [4.69, 9.17) is 16.3 Å². The molecule has 0 unspecified atom stereocenters. The Hall–Kier alpha value is -3.26. The highest BCUT2D eigenvalue weighted by Gasteiger charge is 2.11. The average Bonchev–Trinajstić information content (AvgIpc) is 2.68. The molecule has 1 amide bonds. The maximum absolute atomic E-state index is 12.3. The van der Waals surface area contributed by atoms with Crippen molar-refractivity contribution in [1.82, 2.24) is 15.0 Å². The van der Waals surface area contributed by atoms with Gasteiger partial charge in [-0.25, -0.2) is 4.68 Å². The van der Waals surface area contributed by atoms with E-state index in [2.05, 4.69) is 15.6 Å². The Labute approximate surface area is 158 Å². The van der Waals surface area contributed by atoms with Crippen LogP contribution in [0.4, 0.5) is 5.69 Å². The van der Waals surface area contributed by atoms with Gasteiger partial charge in [0.2, 0.25) is 0 Å². The minimum atomic E-state index is -0.622. The number of aromatic nitrogens is 3. The van der Waals surface area contributed by atoms with Crippen LogP contribution in [-0.4, -0.2) is 33.5 Å². The van der Waals surface area contributed by atoms with Crippen molar-refractivity contribution in [3.8, 4) is 0 Å². The summed E-state index contributed by atoms with van der Waals surface area (Å²) in [5, 5.41) is 11.3. The minimum absolute atomic E-state index is 0.00824. The number of anilines is 1. The van der Waals surface area contributed by atoms with Crippen molar-refractivity contribution in [1.29, 1.82) is 0 Å². The first-order valence-electron chi connectivity index (χ1n) is 8.06. The van der Waals surface area contributed by atoms with Crippen LogP contribution in [0.1, 0.15) is 6.42 Å². The van der Waals surface area contributed by atoms with Gasteiger partial charge in [-0.05, 0) is 36.4 Å². The van der Waals surface area contributed by atoms with E-state index in [9.17, 15) is 14.4 Å². The number of nitrogens with zero attached hydrogens (tertiary/aromatic N) is 3. The fourth-order valence-electron chi connectivity index (χ4n) is 2.32. The minimum Gasteiger partial charge on any atom is -0.456 e. The second-order valence-corrected chi connectivity index (χ2v) is 6.04. The van der Waals surface area contributed by atoms with Crippen molar-refractivity contribution < 1.29 is 14.3 Å². The van der Waals surface area contributed by atoms with E-state index in [0.717, 1.165) is 4.68 Å². The quantitative estimate of drug-likeness (QED) is 0.650. The molecule has 3 aromatic rings. The maximum Gasteiger partial charge on any atom is 0.308 e. The van der Waals surface area contributed by atoms with E-state index in [1.165, 1.54) is 0 Å². The van der Waals surface area contributed by atoms with E-state index in [0.29, 0.717) is 21.6 Å². The molecule has 27 heavy (non-hydrogen) atoms. The lowest BCUT2D eigenvalue weighted by Crippen LogP contribution is -2.26. The van der Waals surface area contributed by atoms with E-state index >= 15 is 0 Å². The molecule has 3 rings (SSSR count). The number of nitrogens with one attached hydrogen (secondary N) is 1. The number of carbonyl (C=O) groups excluding carboxylic acids is 2. The zero-order valence-corrected chi connectivity index (χ0v) is 14.8. The fourth-order valence-corrected chi connectivity index (χ4v) is 2.44. The van der Waals surface area contributed by atoms with Crippen molar-refractivity contribution >= 4 is 40.1 Å². The van der Waals surface area contributed by atoms with Crippen molar-refractivity contribution in [3.63, 3.8) is 0 Å². The highest BCUT2D eigenvalue weighted by atomic mass is 35.5. The monoisotopic (exact) mass is 386 g/mol. The first-order chi connectivity index (χ1) is 13.0. The molecule has 0 aliphatic heterocycles. The lowest BCUT2D eigenvalue weighted by atomic mass is 10.2. The summed E-state index contributed by atoms with van der Waals surface area (Å²) in [5.41, 5.74) is 0.688. The van der Waals surface area contributed by atoms with Gasteiger partial charge in [0.15, 0.2) is 6.61 Å². The van der Waals surface area contributed by atoms with Gasteiger partial charge in [0, 0.05) is 10.7 Å². The molecule has 0 spiro atoms. The molecule has 1 heterocycles. The number of aryl methyl sites for hydroxylation is 1. The molecule has 0 aliphatic rings. The van der Waals surface area contributed by atoms with Crippen LogP contribution in [0.15, 0.2) is 53.3 Å². The highest BCUT2D eigenvalue weighted by molar-refractivity contribution is 6.30. The molecule has 0 aliphatic carbocycles. The lowest BCUT2D eigenvalue weighted by molar-refractivity contribution is -0.147. The largest absolute Gasteiger partial charge is 0.456 e. The standard InChI is InChI=1S/C18H15ClN4O4/c19-12-5-7-13(8-6-12)20-16(24)11-27-17(25)9-10-23-18(26)14-3-1-2-4-15(14)21-22-23/h1-8H,9-11H2,(H,20,24). The van der Waals surface area contributed by atoms with Crippen LogP contribution < -0.4 is 10.9 Å². The fraction of sp³-hybridized carbons (Fsp3) is 0.167. The topological polar surface area (TPSA) is 103 Å². The van der Waals surface area contributed by atoms with E-state index in [1.807, 2.05) is 0 Å². The molecule has 0 radical (unpaired) electrons. The van der Waals surface area contributed by atoms with Gasteiger partial charge in [-0.2, -0.15) is 0 Å². The van der Waals surface area contributed by atoms with Gasteiger partial charge >= 0.3 is 5.97 Å². The molecule has 2 aromatic carbocycles. The molecule has 9 heteroatoms. The Morgan fingerprint density at radius 3 is 2.63 bits per heavy atom. The van der Waals surface area contributed by atoms with Gasteiger partial charge in [0.25, 0.3) is 11.5 Å². The summed E-state index contributed by atoms with van der Waals surface area (Å²) in [6, 6.07) is 13.3. The molecule has 0 saturated heterocycles. The Morgan fingerprint density at radius 1 is 1.11 bits per heavy atom. The van der Waals surface area contributed by atoms with E-state index < -0.39 is 18.5 Å². The maximum atomic E-state index is 12.3. The summed E-state index contributed by atoms with van der Waals surface area (Å²) in [6.07, 6.45) is -0.110. The molecule has 1 N–H and O–H groups in total. The molecule has 8 nitrogen and oxygen atoms in total. The number of ether oxygens (including phenoxy) is 1. The number of benzene rings is 2. The van der Waals surface area contributed by atoms with Gasteiger partial charge in [-0.1, -0.05) is 28.9 Å². The molecular formula is C18H15ClN4O4. The third kappa shape index (κ3) is 4.89. The summed E-state index contributed by atoms with van der Waals surface area (Å²) in [5.74, 6) is -1.10. The van der Waals surface area contributed by atoms with Crippen LogP contribution in [0.2, 0.25) is 5.02 Å². The number of carbonyl (C=O) groups is 2. The number of hydrogen-bond donors (Lipinski definition) is 1. The second-order valence-electron chi connectivity index (χ2n) is 5.60. The number of fused-ring (bicyclic) bond motifs is 1. The molecule has 0 atom stereocenters. The van der Waals surface area contributed by atoms with Gasteiger partial charge in [0.05, 0.1) is 18.4 Å². The van der Waals surface area contributed by atoms with Gasteiger partial charge in [-0.3, -0.25) is 14.4 Å². The van der Waals surface area contributed by atoms with E-state index in [-0.39, 0.29) is 18.5 Å². The lowest BCUT2D eigenvalue weighted by Gasteiger charge is -2.07. The van der Waals surface area contributed by atoms with Gasteiger partial charge in [0.1, 0.15) is 5.52 Å². The Balaban J connectivity index is 1.50. The second kappa shape index (κ2) is 8.41. The predicted octanol–water partition coefficient (Wildman–Crippen LogP) is 2.02. The van der Waals surface area contributed by atoms with Crippen LogP contribution in [-0.2, 0) is 20.9 Å². The summed E-state index contributed by atoms with van der Waals surface area (Å²) < 4.78 is 6.00. The average molecular weight is 387 g/mol. The number of amides is 1. The Bertz CT molecular complexity index is 1030. The van der Waals surface area contributed by atoms with Gasteiger partial charge in [-0.15, -0.1) is 5.10 Å². The smallest absolute Gasteiger partial charge is 0.308 e. The number of halogens is 1. The normalized spacial score (nSPS) is 10.6.